The third-order valence-corrected chi connectivity index (χ3v) is 3.45. The summed E-state index contributed by atoms with van der Waals surface area (Å²) in [6, 6.07) is 0. The number of aromatic nitrogens is 4. The van der Waals surface area contributed by atoms with Crippen LogP contribution in [0.2, 0.25) is 0 Å². The van der Waals surface area contributed by atoms with Gasteiger partial charge in [0.2, 0.25) is 0 Å². The molecule has 0 radical (unpaired) electrons. The Morgan fingerprint density at radius 1 is 1.07 bits per heavy atom. The first-order valence-corrected chi connectivity index (χ1v) is 5.91. The molecule has 0 fully saturated rings. The molecule has 6 heteroatoms. The lowest BCUT2D eigenvalue weighted by atomic mass is 10.3. The van der Waals surface area contributed by atoms with Crippen molar-refractivity contribution < 1.29 is 0 Å². The maximum Gasteiger partial charge on any atom is 0.139 e. The van der Waals surface area contributed by atoms with Crippen LogP contribution in [0.3, 0.4) is 0 Å². The van der Waals surface area contributed by atoms with Gasteiger partial charge in [0.1, 0.15) is 20.8 Å². The number of hydrogen-bond acceptors (Lipinski definition) is 6. The van der Waals surface area contributed by atoms with Gasteiger partial charge in [0.05, 0.1) is 0 Å². The SMILES string of the molecule is Cc1nsc(CCc2nnc(C)s2)n1. The first kappa shape index (κ1) is 9.67. The van der Waals surface area contributed by atoms with Gasteiger partial charge in [-0.05, 0) is 25.4 Å². The van der Waals surface area contributed by atoms with Crippen LogP contribution in [0.1, 0.15) is 20.8 Å². The molecule has 0 aliphatic rings. The molecule has 2 rings (SSSR count). The molecule has 0 aliphatic carbocycles. The molecular formula is C8H10N4S2. The van der Waals surface area contributed by atoms with E-state index in [1.54, 1.807) is 11.3 Å². The van der Waals surface area contributed by atoms with Gasteiger partial charge in [-0.25, -0.2) is 4.98 Å². The van der Waals surface area contributed by atoms with E-state index < -0.39 is 0 Å². The second-order valence-electron chi connectivity index (χ2n) is 2.95. The van der Waals surface area contributed by atoms with Crippen molar-refractivity contribution >= 4 is 22.9 Å². The third kappa shape index (κ3) is 2.33. The van der Waals surface area contributed by atoms with Crippen molar-refractivity contribution in [2.24, 2.45) is 0 Å². The normalized spacial score (nSPS) is 10.7. The Morgan fingerprint density at radius 2 is 1.86 bits per heavy atom. The molecule has 2 heterocycles. The summed E-state index contributed by atoms with van der Waals surface area (Å²) in [6.45, 7) is 3.88. The molecule has 14 heavy (non-hydrogen) atoms. The molecule has 4 nitrogen and oxygen atoms in total. The van der Waals surface area contributed by atoms with Crippen molar-refractivity contribution in [2.75, 3.05) is 0 Å². The fourth-order valence-corrected chi connectivity index (χ4v) is 2.45. The zero-order valence-corrected chi connectivity index (χ0v) is 9.65. The highest BCUT2D eigenvalue weighted by molar-refractivity contribution is 7.11. The van der Waals surface area contributed by atoms with Crippen molar-refractivity contribution in [2.45, 2.75) is 26.7 Å². The maximum absolute atomic E-state index is 4.30. The van der Waals surface area contributed by atoms with E-state index in [0.29, 0.717) is 0 Å². The fraction of sp³-hybridized carbons (Fsp3) is 0.500. The molecule has 0 spiro atoms. The van der Waals surface area contributed by atoms with E-state index >= 15 is 0 Å². The van der Waals surface area contributed by atoms with Crippen LogP contribution in [-0.4, -0.2) is 19.6 Å². The zero-order chi connectivity index (χ0) is 9.97. The monoisotopic (exact) mass is 226 g/mol. The maximum atomic E-state index is 4.30. The molecule has 2 aromatic heterocycles. The van der Waals surface area contributed by atoms with E-state index in [1.165, 1.54) is 11.5 Å². The number of hydrogen-bond donors (Lipinski definition) is 0. The largest absolute Gasteiger partial charge is 0.225 e. The summed E-state index contributed by atoms with van der Waals surface area (Å²) in [5.74, 6) is 0.860. The Bertz CT molecular complexity index is 380. The van der Waals surface area contributed by atoms with Gasteiger partial charge >= 0.3 is 0 Å². The predicted octanol–water partition coefficient (Wildman–Crippen LogP) is 1.79. The summed E-state index contributed by atoms with van der Waals surface area (Å²) in [6.07, 6.45) is 1.83. The van der Waals surface area contributed by atoms with Crippen LogP contribution in [0.25, 0.3) is 0 Å². The molecule has 0 bridgehead atoms. The number of nitrogens with zero attached hydrogens (tertiary/aromatic N) is 4. The fourth-order valence-electron chi connectivity index (χ4n) is 1.09. The standard InChI is InChI=1S/C8H10N4S2/c1-5-9-7(14-12-5)3-4-8-11-10-6(2)13-8/h3-4H2,1-2H3. The lowest BCUT2D eigenvalue weighted by Gasteiger charge is -1.89. The van der Waals surface area contributed by atoms with Crippen molar-refractivity contribution in [3.05, 3.63) is 20.8 Å². The third-order valence-electron chi connectivity index (χ3n) is 1.69. The molecule has 0 atom stereocenters. The van der Waals surface area contributed by atoms with Crippen molar-refractivity contribution in [3.63, 3.8) is 0 Å². The van der Waals surface area contributed by atoms with Crippen molar-refractivity contribution in [1.29, 1.82) is 0 Å². The van der Waals surface area contributed by atoms with Gasteiger partial charge in [-0.2, -0.15) is 4.37 Å². The molecule has 0 N–H and O–H groups in total. The molecule has 0 amide bonds. The average molecular weight is 226 g/mol. The van der Waals surface area contributed by atoms with Gasteiger partial charge in [0.15, 0.2) is 0 Å². The van der Waals surface area contributed by atoms with Crippen LogP contribution in [-0.2, 0) is 12.8 Å². The van der Waals surface area contributed by atoms with Gasteiger partial charge < -0.3 is 0 Å². The summed E-state index contributed by atoms with van der Waals surface area (Å²) >= 11 is 3.12. The van der Waals surface area contributed by atoms with Gasteiger partial charge in [-0.1, -0.05) is 0 Å². The summed E-state index contributed by atoms with van der Waals surface area (Å²) in [4.78, 5) is 4.30. The minimum atomic E-state index is 0.860. The highest BCUT2D eigenvalue weighted by Crippen LogP contribution is 2.12. The van der Waals surface area contributed by atoms with Gasteiger partial charge in [-0.15, -0.1) is 21.5 Å². The summed E-state index contributed by atoms with van der Waals surface area (Å²) in [5, 5.41) is 11.2. The molecule has 0 saturated heterocycles. The minimum Gasteiger partial charge on any atom is -0.225 e. The molecular weight excluding hydrogens is 216 g/mol. The van der Waals surface area contributed by atoms with Crippen LogP contribution >= 0.6 is 22.9 Å². The predicted molar refractivity (Wildman–Crippen MR) is 56.7 cm³/mol. The molecule has 0 aliphatic heterocycles. The van der Waals surface area contributed by atoms with Crippen LogP contribution in [0.15, 0.2) is 0 Å². The van der Waals surface area contributed by atoms with E-state index in [4.69, 9.17) is 0 Å². The second kappa shape index (κ2) is 4.10. The van der Waals surface area contributed by atoms with Crippen LogP contribution in [0.5, 0.6) is 0 Å². The molecule has 0 saturated carbocycles. The van der Waals surface area contributed by atoms with Crippen molar-refractivity contribution in [1.82, 2.24) is 19.6 Å². The van der Waals surface area contributed by atoms with E-state index in [9.17, 15) is 0 Å². The Balaban J connectivity index is 1.94. The van der Waals surface area contributed by atoms with Gasteiger partial charge in [0.25, 0.3) is 0 Å². The Kier molecular flexibility index (Phi) is 2.83. The Hall–Kier alpha value is -0.880. The topological polar surface area (TPSA) is 51.6 Å². The zero-order valence-electron chi connectivity index (χ0n) is 8.02. The average Bonchev–Trinajstić information content (AvgIpc) is 2.72. The number of rotatable bonds is 3. The summed E-state index contributed by atoms with van der Waals surface area (Å²) < 4.78 is 4.13. The van der Waals surface area contributed by atoms with Crippen LogP contribution in [0, 0.1) is 13.8 Å². The summed E-state index contributed by atoms with van der Waals surface area (Å²) in [5.41, 5.74) is 0. The van der Waals surface area contributed by atoms with Crippen LogP contribution in [0.4, 0.5) is 0 Å². The lowest BCUT2D eigenvalue weighted by Crippen LogP contribution is -1.90. The first-order chi connectivity index (χ1) is 6.74. The van der Waals surface area contributed by atoms with Gasteiger partial charge in [0, 0.05) is 12.8 Å². The quantitative estimate of drug-likeness (QED) is 0.800. The Labute approximate surface area is 90.2 Å². The molecule has 0 aromatic carbocycles. The van der Waals surface area contributed by atoms with Crippen LogP contribution < -0.4 is 0 Å². The lowest BCUT2D eigenvalue weighted by molar-refractivity contribution is 0.885. The smallest absolute Gasteiger partial charge is 0.139 e. The van der Waals surface area contributed by atoms with Crippen molar-refractivity contribution in [3.8, 4) is 0 Å². The van der Waals surface area contributed by atoms with E-state index in [0.717, 1.165) is 33.7 Å². The first-order valence-electron chi connectivity index (χ1n) is 4.32. The summed E-state index contributed by atoms with van der Waals surface area (Å²) in [7, 11) is 0. The van der Waals surface area contributed by atoms with E-state index in [1.807, 2.05) is 13.8 Å². The highest BCUT2D eigenvalue weighted by atomic mass is 32.1. The van der Waals surface area contributed by atoms with E-state index in [2.05, 4.69) is 19.6 Å². The van der Waals surface area contributed by atoms with Gasteiger partial charge in [-0.3, -0.25) is 0 Å². The minimum absolute atomic E-state index is 0.860. The number of aryl methyl sites for hydroxylation is 4. The highest BCUT2D eigenvalue weighted by Gasteiger charge is 2.04. The van der Waals surface area contributed by atoms with E-state index in [-0.39, 0.29) is 0 Å². The molecule has 74 valence electrons. The Morgan fingerprint density at radius 3 is 2.43 bits per heavy atom. The molecule has 0 unspecified atom stereocenters. The molecule has 2 aromatic rings. The second-order valence-corrected chi connectivity index (χ2v) is 5.05.